The Bertz CT molecular complexity index is 868. The van der Waals surface area contributed by atoms with E-state index in [0.29, 0.717) is 7.25 Å². The second kappa shape index (κ2) is 5.52. The first-order valence-electron chi connectivity index (χ1n) is 10.3. The number of unbranched alkanes of at least 4 members (excludes halogenated alkanes) is 1. The molecule has 0 spiro atoms. The van der Waals surface area contributed by atoms with Gasteiger partial charge >= 0.3 is 151 Å². The Morgan fingerprint density at radius 1 is 0.926 bits per heavy atom. The molecule has 5 heteroatoms. The number of hydrogen-bond acceptors (Lipinski definition) is 0. The van der Waals surface area contributed by atoms with Crippen LogP contribution in [0.4, 0.5) is 0 Å². The molecule has 0 N–H and O–H groups in total. The first-order valence-corrected chi connectivity index (χ1v) is 39.7. The average Bonchev–Trinajstić information content (AvgIpc) is 3.11. The number of hydrogen-bond donors (Lipinski definition) is 0. The summed E-state index contributed by atoms with van der Waals surface area (Å²) in [5.74, 6) is 0. The first-order chi connectivity index (χ1) is 11.1. The SMILES string of the molecule is CCCCC1=C[CH]([Zr]([CH3])([CH3])([CH3])([CH3])([SiH3])([SiH3])[CH]2C=Cc3ccccc32)C=C1.[Cl-].[Cl-]. The quantitative estimate of drug-likeness (QED) is 0.450. The van der Waals surface area contributed by atoms with E-state index in [0.717, 1.165) is 0 Å². The van der Waals surface area contributed by atoms with E-state index in [2.05, 4.69) is 80.1 Å². The van der Waals surface area contributed by atoms with Gasteiger partial charge in [0.25, 0.3) is 0 Å². The van der Waals surface area contributed by atoms with Gasteiger partial charge in [-0.1, -0.05) is 0 Å². The van der Waals surface area contributed by atoms with Crippen LogP contribution in [-0.2, 0) is 12.7 Å². The first kappa shape index (κ1) is 25.4. The molecule has 0 radical (unpaired) electrons. The summed E-state index contributed by atoms with van der Waals surface area (Å²) in [6, 6.07) is 9.14. The molecule has 1 aromatic carbocycles. The molecule has 3 rings (SSSR count). The van der Waals surface area contributed by atoms with Crippen molar-refractivity contribution in [1.29, 1.82) is 0 Å². The fourth-order valence-corrected chi connectivity index (χ4v) is 32.2. The van der Waals surface area contributed by atoms with Gasteiger partial charge in [-0.3, -0.25) is 0 Å². The van der Waals surface area contributed by atoms with Crippen LogP contribution in [0.15, 0.2) is 54.1 Å². The third kappa shape index (κ3) is 4.15. The van der Waals surface area contributed by atoms with Gasteiger partial charge in [0.15, 0.2) is 0 Å². The predicted octanol–water partition coefficient (Wildman–Crippen LogP) is -0.713. The van der Waals surface area contributed by atoms with E-state index in [1.54, 1.807) is 11.1 Å². The molecule has 2 aliphatic carbocycles. The molecule has 0 aromatic heterocycles. The van der Waals surface area contributed by atoms with Crippen molar-refractivity contribution >= 4 is 20.8 Å². The Labute approximate surface area is 174 Å². The van der Waals surface area contributed by atoms with Gasteiger partial charge in [-0.2, -0.15) is 0 Å². The number of halogens is 2. The van der Waals surface area contributed by atoms with E-state index in [1.807, 2.05) is 0 Å². The fraction of sp³-hybridized carbons (Fsp3) is 0.455. The van der Waals surface area contributed by atoms with Crippen molar-refractivity contribution in [3.05, 3.63) is 65.3 Å². The van der Waals surface area contributed by atoms with Gasteiger partial charge in [-0.25, -0.2) is 0 Å². The van der Waals surface area contributed by atoms with E-state index in [9.17, 15) is 0 Å². The molecule has 0 saturated heterocycles. The van der Waals surface area contributed by atoms with E-state index >= 15 is 0 Å². The molecule has 154 valence electrons. The van der Waals surface area contributed by atoms with Gasteiger partial charge < -0.3 is 24.8 Å². The van der Waals surface area contributed by atoms with E-state index in [1.165, 1.54) is 39.6 Å². The average molecular weight is 521 g/mol. The summed E-state index contributed by atoms with van der Waals surface area (Å²) in [6.45, 7) is 2.29. The molecule has 0 bridgehead atoms. The zero-order chi connectivity index (χ0) is 18.7. The topological polar surface area (TPSA) is 0 Å². The third-order valence-corrected chi connectivity index (χ3v) is 46.0. The van der Waals surface area contributed by atoms with Crippen LogP contribution in [0.3, 0.4) is 0 Å². The number of rotatable bonds is 5. The van der Waals surface area contributed by atoms with Crippen LogP contribution in [0.5, 0.6) is 0 Å². The Morgan fingerprint density at radius 3 is 2.19 bits per heavy atom. The van der Waals surface area contributed by atoms with Crippen molar-refractivity contribution in [2.45, 2.75) is 52.0 Å². The smallest absolute Gasteiger partial charge is 1.00 e. The molecule has 2 aliphatic rings. The Hall–Kier alpha value is 0.337. The number of fused-ring (bicyclic) bond motifs is 1. The molecule has 27 heavy (non-hydrogen) atoms. The largest absolute Gasteiger partial charge is 1.00 e. The summed E-state index contributed by atoms with van der Waals surface area (Å²) in [7, 11) is 2.55. The van der Waals surface area contributed by atoms with Crippen LogP contribution in [0, 0.1) is 0 Å². The molecule has 2 atom stereocenters. The fourth-order valence-electron chi connectivity index (χ4n) is 5.41. The van der Waals surface area contributed by atoms with Crippen molar-refractivity contribution in [2.75, 3.05) is 0 Å². The normalized spacial score (nSPS) is 26.6. The van der Waals surface area contributed by atoms with Gasteiger partial charge in [0.1, 0.15) is 0 Å². The van der Waals surface area contributed by atoms with Crippen molar-refractivity contribution in [1.82, 2.24) is 0 Å². The van der Waals surface area contributed by atoms with E-state index in [-0.39, 0.29) is 24.8 Å². The summed E-state index contributed by atoms with van der Waals surface area (Å²) in [5.41, 5.74) is 4.64. The number of allylic oxidation sites excluding steroid dienone is 5. The van der Waals surface area contributed by atoms with Gasteiger partial charge in [0, 0.05) is 0 Å². The summed E-state index contributed by atoms with van der Waals surface area (Å²) in [5, 5.41) is 0. The Morgan fingerprint density at radius 2 is 1.56 bits per heavy atom. The molecule has 0 fully saturated rings. The molecule has 0 saturated carbocycles. The minimum atomic E-state index is -4.39. The number of benzene rings is 1. The summed E-state index contributed by atoms with van der Waals surface area (Å²) >= 11 is -4.39. The van der Waals surface area contributed by atoms with Crippen LogP contribution in [0.2, 0.25) is 22.2 Å². The second-order valence-electron chi connectivity index (χ2n) is 16.3. The van der Waals surface area contributed by atoms with Crippen LogP contribution in [0.25, 0.3) is 6.08 Å². The Balaban J connectivity index is 0.00000182. The van der Waals surface area contributed by atoms with Gasteiger partial charge in [0.05, 0.1) is 0 Å². The van der Waals surface area contributed by atoms with Gasteiger partial charge in [-0.15, -0.1) is 0 Å². The van der Waals surface area contributed by atoms with Crippen molar-refractivity contribution < 1.29 is 37.5 Å². The van der Waals surface area contributed by atoms with Crippen LogP contribution >= 0.6 is 0 Å². The van der Waals surface area contributed by atoms with E-state index < -0.39 is 12.7 Å². The standard InChI is InChI=1S/C9H7.C9H13.4CH3.2ClH.2H3Si.Zr/c1-2-5-9-7-3-6-8(9)4-1;1-2-3-6-9-7-4-5-8-9;;;;;;;;;/h1-7H;4-5,7-8H,2-3,6H2,1H3;4*1H3;2*1H;2*1H3;/p-2. The third-order valence-electron chi connectivity index (χ3n) is 7.77. The molecule has 2 unspecified atom stereocenters. The second-order valence-corrected chi connectivity index (χ2v) is 159. The zero-order valence-electron chi connectivity index (χ0n) is 18.2. The minimum Gasteiger partial charge on any atom is -1.00 e. The molecule has 0 amide bonds. The van der Waals surface area contributed by atoms with Crippen LogP contribution < -0.4 is 24.8 Å². The summed E-state index contributed by atoms with van der Waals surface area (Å²) in [4.78, 5) is 0. The van der Waals surface area contributed by atoms with Crippen molar-refractivity contribution in [2.24, 2.45) is 0 Å². The monoisotopic (exact) mass is 518 g/mol. The van der Waals surface area contributed by atoms with Gasteiger partial charge in [0.2, 0.25) is 0 Å². The molecule has 0 nitrogen and oxygen atoms in total. The van der Waals surface area contributed by atoms with Crippen LogP contribution in [-0.4, -0.2) is 14.7 Å². The molecular weight excluding hydrogens is 483 g/mol. The zero-order valence-corrected chi connectivity index (χ0v) is 26.2. The maximum atomic E-state index is 2.80. The van der Waals surface area contributed by atoms with Gasteiger partial charge in [-0.05, 0) is 0 Å². The maximum absolute atomic E-state index is 4.39. The molecule has 1 aromatic rings. The van der Waals surface area contributed by atoms with Crippen molar-refractivity contribution in [3.8, 4) is 0 Å². The summed E-state index contributed by atoms with van der Waals surface area (Å²) in [6.07, 6.45) is 16.6. The Kier molecular flexibility index (Phi) is 5.19. The maximum Gasteiger partial charge on any atom is -1.00 e. The minimum absolute atomic E-state index is 0. The molecule has 0 heterocycles. The van der Waals surface area contributed by atoms with Crippen LogP contribution in [0.1, 0.15) is 40.9 Å². The molecular formula is C22H38Cl2Si2Zr-2. The summed E-state index contributed by atoms with van der Waals surface area (Å²) < 4.78 is 12.4. The predicted molar refractivity (Wildman–Crippen MR) is 122 cm³/mol. The van der Waals surface area contributed by atoms with E-state index in [4.69, 9.17) is 0 Å². The molecule has 0 aliphatic heterocycles. The van der Waals surface area contributed by atoms with Crippen molar-refractivity contribution in [3.63, 3.8) is 0 Å².